The van der Waals surface area contributed by atoms with Gasteiger partial charge in [0.15, 0.2) is 5.78 Å². The van der Waals surface area contributed by atoms with E-state index in [1.165, 1.54) is 12.8 Å². The van der Waals surface area contributed by atoms with Crippen LogP contribution in [-0.4, -0.2) is 43.0 Å². The van der Waals surface area contributed by atoms with Crippen LogP contribution in [0.1, 0.15) is 43.0 Å². The number of carbonyl (C=O) groups excluding carboxylic acids is 1. The molecule has 1 aliphatic heterocycles. The molecule has 1 aromatic rings. The van der Waals surface area contributed by atoms with Gasteiger partial charge < -0.3 is 9.64 Å². The van der Waals surface area contributed by atoms with Crippen molar-refractivity contribution in [2.24, 2.45) is 0 Å². The molecule has 0 aromatic heterocycles. The Morgan fingerprint density at radius 1 is 1.38 bits per heavy atom. The van der Waals surface area contributed by atoms with Gasteiger partial charge in [0.2, 0.25) is 0 Å². The predicted molar refractivity (Wildman–Crippen MR) is 88.8 cm³/mol. The zero-order chi connectivity index (χ0) is 15.1. The third-order valence-corrected chi connectivity index (χ3v) is 4.44. The third-order valence-electron chi connectivity index (χ3n) is 3.91. The molecule has 3 nitrogen and oxygen atoms in total. The summed E-state index contributed by atoms with van der Waals surface area (Å²) < 4.78 is 6.72. The molecule has 0 spiro atoms. The van der Waals surface area contributed by atoms with Gasteiger partial charge in [-0.2, -0.15) is 0 Å². The summed E-state index contributed by atoms with van der Waals surface area (Å²) in [4.78, 5) is 14.5. The van der Waals surface area contributed by atoms with E-state index in [0.717, 1.165) is 42.7 Å². The first-order valence-electron chi connectivity index (χ1n) is 7.81. The van der Waals surface area contributed by atoms with Crippen LogP contribution < -0.4 is 0 Å². The van der Waals surface area contributed by atoms with E-state index in [-0.39, 0.29) is 5.78 Å². The monoisotopic (exact) mass is 353 g/mol. The molecular weight excluding hydrogens is 330 g/mol. The number of halogens is 1. The van der Waals surface area contributed by atoms with Gasteiger partial charge in [0.1, 0.15) is 0 Å². The lowest BCUT2D eigenvalue weighted by Gasteiger charge is -2.32. The summed E-state index contributed by atoms with van der Waals surface area (Å²) in [5.41, 5.74) is 0.809. The van der Waals surface area contributed by atoms with Crippen LogP contribution in [0.3, 0.4) is 0 Å². The Labute approximate surface area is 135 Å². The molecule has 1 aliphatic rings. The van der Waals surface area contributed by atoms with Gasteiger partial charge in [0.25, 0.3) is 0 Å². The molecule has 1 aromatic carbocycles. The molecule has 0 amide bonds. The topological polar surface area (TPSA) is 29.5 Å². The molecule has 1 saturated heterocycles. The first-order valence-corrected chi connectivity index (χ1v) is 8.61. The highest BCUT2D eigenvalue weighted by atomic mass is 79.9. The molecule has 0 saturated carbocycles. The minimum Gasteiger partial charge on any atom is -0.377 e. The number of Topliss-reactive ketones (excluding diaryl/α,β-unsaturated/α-hetero) is 1. The molecule has 0 aliphatic carbocycles. The van der Waals surface area contributed by atoms with Crippen LogP contribution in [0.5, 0.6) is 0 Å². The second-order valence-corrected chi connectivity index (χ2v) is 6.47. The number of piperidine rings is 1. The van der Waals surface area contributed by atoms with Crippen LogP contribution in [0.15, 0.2) is 28.7 Å². The minimum absolute atomic E-state index is 0.237. The third kappa shape index (κ3) is 5.53. The van der Waals surface area contributed by atoms with E-state index < -0.39 is 0 Å². The van der Waals surface area contributed by atoms with Crippen molar-refractivity contribution in [1.82, 2.24) is 4.90 Å². The summed E-state index contributed by atoms with van der Waals surface area (Å²) in [5.74, 6) is 0.237. The summed E-state index contributed by atoms with van der Waals surface area (Å²) in [6.45, 7) is 5.98. The van der Waals surface area contributed by atoms with Gasteiger partial charge in [-0.05, 0) is 51.4 Å². The quantitative estimate of drug-likeness (QED) is 0.696. The lowest BCUT2D eigenvalue weighted by molar-refractivity contribution is 0.00571. The van der Waals surface area contributed by atoms with E-state index in [9.17, 15) is 4.79 Å². The van der Waals surface area contributed by atoms with Crippen molar-refractivity contribution in [2.75, 3.05) is 26.2 Å². The second-order valence-electron chi connectivity index (χ2n) is 5.55. The average molecular weight is 354 g/mol. The number of nitrogens with zero attached hydrogens (tertiary/aromatic N) is 1. The fraction of sp³-hybridized carbons (Fsp3) is 0.588. The fourth-order valence-corrected chi connectivity index (χ4v) is 3.10. The Balaban J connectivity index is 1.71. The number of ketones is 1. The second kappa shape index (κ2) is 8.66. The smallest absolute Gasteiger partial charge is 0.162 e. The molecule has 2 rings (SSSR count). The van der Waals surface area contributed by atoms with Crippen molar-refractivity contribution >= 4 is 21.7 Å². The fourth-order valence-electron chi connectivity index (χ4n) is 2.83. The Bertz CT molecular complexity index is 445. The van der Waals surface area contributed by atoms with E-state index in [1.54, 1.807) is 0 Å². The van der Waals surface area contributed by atoms with Crippen molar-refractivity contribution in [3.05, 3.63) is 34.3 Å². The lowest BCUT2D eigenvalue weighted by atomic mass is 10.0. The number of hydrogen-bond acceptors (Lipinski definition) is 3. The summed E-state index contributed by atoms with van der Waals surface area (Å²) in [6, 6.07) is 7.62. The van der Waals surface area contributed by atoms with Gasteiger partial charge in [0.05, 0.1) is 6.10 Å². The average Bonchev–Trinajstić information content (AvgIpc) is 2.48. The highest BCUT2D eigenvalue weighted by Gasteiger charge is 2.19. The molecule has 21 heavy (non-hydrogen) atoms. The molecule has 0 bridgehead atoms. The number of likely N-dealkylation sites (tertiary alicyclic amines) is 1. The minimum atomic E-state index is 0.237. The van der Waals surface area contributed by atoms with Crippen molar-refractivity contribution < 1.29 is 9.53 Å². The van der Waals surface area contributed by atoms with Crippen molar-refractivity contribution in [1.29, 1.82) is 0 Å². The van der Waals surface area contributed by atoms with Crippen molar-refractivity contribution in [2.45, 2.75) is 38.7 Å². The van der Waals surface area contributed by atoms with Crippen molar-refractivity contribution in [3.63, 3.8) is 0 Å². The van der Waals surface area contributed by atoms with Crippen LogP contribution in [0, 0.1) is 0 Å². The number of carbonyl (C=O) groups is 1. The molecule has 0 N–H and O–H groups in total. The van der Waals surface area contributed by atoms with Crippen molar-refractivity contribution in [3.8, 4) is 0 Å². The van der Waals surface area contributed by atoms with Crippen LogP contribution in [0.25, 0.3) is 0 Å². The highest BCUT2D eigenvalue weighted by molar-refractivity contribution is 9.10. The number of ether oxygens (including phenoxy) is 1. The SMILES string of the molecule is CCOC1CCCN(CCCC(=O)c2ccc(Br)cc2)C1. The molecule has 1 fully saturated rings. The molecule has 1 atom stereocenters. The maximum absolute atomic E-state index is 12.1. The summed E-state index contributed by atoms with van der Waals surface area (Å²) in [7, 11) is 0. The van der Waals surface area contributed by atoms with Crippen LogP contribution in [-0.2, 0) is 4.74 Å². The first-order chi connectivity index (χ1) is 10.2. The number of hydrogen-bond donors (Lipinski definition) is 0. The Morgan fingerprint density at radius 3 is 2.86 bits per heavy atom. The molecule has 1 heterocycles. The molecule has 1 unspecified atom stereocenters. The lowest BCUT2D eigenvalue weighted by Crippen LogP contribution is -2.40. The Morgan fingerprint density at radius 2 is 2.14 bits per heavy atom. The largest absolute Gasteiger partial charge is 0.377 e. The van der Waals surface area contributed by atoms with E-state index in [1.807, 2.05) is 24.3 Å². The molecule has 0 radical (unpaired) electrons. The zero-order valence-corrected chi connectivity index (χ0v) is 14.3. The standard InChI is InChI=1S/C17H24BrNO2/c1-2-21-16-5-3-11-19(13-16)12-4-6-17(20)14-7-9-15(18)10-8-14/h7-10,16H,2-6,11-13H2,1H3. The van der Waals surface area contributed by atoms with Gasteiger partial charge in [-0.1, -0.05) is 28.1 Å². The van der Waals surface area contributed by atoms with Gasteiger partial charge in [-0.15, -0.1) is 0 Å². The summed E-state index contributed by atoms with van der Waals surface area (Å²) >= 11 is 3.39. The number of rotatable bonds is 7. The van der Waals surface area contributed by atoms with E-state index >= 15 is 0 Å². The van der Waals surface area contributed by atoms with E-state index in [4.69, 9.17) is 4.74 Å². The molecular formula is C17H24BrNO2. The van der Waals surface area contributed by atoms with E-state index in [0.29, 0.717) is 12.5 Å². The number of benzene rings is 1. The zero-order valence-electron chi connectivity index (χ0n) is 12.7. The maximum Gasteiger partial charge on any atom is 0.162 e. The van der Waals surface area contributed by atoms with E-state index in [2.05, 4.69) is 27.8 Å². The molecule has 4 heteroatoms. The predicted octanol–water partition coefficient (Wildman–Crippen LogP) is 3.91. The van der Waals surface area contributed by atoms with Crippen LogP contribution in [0.2, 0.25) is 0 Å². The Hall–Kier alpha value is -0.710. The van der Waals surface area contributed by atoms with Crippen LogP contribution in [0.4, 0.5) is 0 Å². The highest BCUT2D eigenvalue weighted by Crippen LogP contribution is 2.15. The van der Waals surface area contributed by atoms with Gasteiger partial charge in [0, 0.05) is 29.6 Å². The maximum atomic E-state index is 12.1. The Kier molecular flexibility index (Phi) is 6.87. The van der Waals surface area contributed by atoms with Gasteiger partial charge in [-0.3, -0.25) is 4.79 Å². The van der Waals surface area contributed by atoms with Gasteiger partial charge in [-0.25, -0.2) is 0 Å². The van der Waals surface area contributed by atoms with Crippen LogP contribution >= 0.6 is 15.9 Å². The first kappa shape index (κ1) is 16.7. The molecule has 116 valence electrons. The summed E-state index contributed by atoms with van der Waals surface area (Å²) in [6.07, 6.45) is 4.30. The normalized spacial score (nSPS) is 19.6. The van der Waals surface area contributed by atoms with Gasteiger partial charge >= 0.3 is 0 Å². The summed E-state index contributed by atoms with van der Waals surface area (Å²) in [5, 5.41) is 0.